The second-order valence-corrected chi connectivity index (χ2v) is 7.55. The van der Waals surface area contributed by atoms with E-state index in [0.29, 0.717) is 5.15 Å². The minimum Gasteiger partial charge on any atom is -0.300 e. The van der Waals surface area contributed by atoms with Crippen molar-refractivity contribution in [3.05, 3.63) is 71.6 Å². The lowest BCUT2D eigenvalue weighted by atomic mass is 10.1. The van der Waals surface area contributed by atoms with Crippen LogP contribution in [0.3, 0.4) is 0 Å². The van der Waals surface area contributed by atoms with Gasteiger partial charge in [0, 0.05) is 11.9 Å². The molecule has 0 saturated carbocycles. The largest absolute Gasteiger partial charge is 0.300 e. The fourth-order valence-corrected chi connectivity index (χ4v) is 3.24. The van der Waals surface area contributed by atoms with Crippen LogP contribution in [0.25, 0.3) is 16.9 Å². The van der Waals surface area contributed by atoms with Crippen LogP contribution in [0, 0.1) is 5.82 Å². The molecule has 0 unspecified atom stereocenters. The molecule has 0 aliphatic heterocycles. The molecule has 118 valence electrons. The summed E-state index contributed by atoms with van der Waals surface area (Å²) in [5, 5.41) is 0.485. The third-order valence-corrected chi connectivity index (χ3v) is 4.92. The minimum absolute atomic E-state index is 0.257. The molecule has 23 heavy (non-hydrogen) atoms. The van der Waals surface area contributed by atoms with Gasteiger partial charge in [-0.2, -0.15) is 0 Å². The Hall–Kier alpha value is -2.11. The SMILES string of the molecule is CS(=O)(=O)c1ccc(-c2ccc(Cl)n2-c2ccc(F)cc2)cc1. The first-order chi connectivity index (χ1) is 10.9. The Morgan fingerprint density at radius 2 is 1.52 bits per heavy atom. The summed E-state index contributed by atoms with van der Waals surface area (Å²) in [6.45, 7) is 0. The lowest BCUT2D eigenvalue weighted by molar-refractivity contribution is 0.602. The van der Waals surface area contributed by atoms with E-state index in [1.807, 2.05) is 6.07 Å². The molecule has 0 radical (unpaired) electrons. The predicted octanol–water partition coefficient (Wildman–Crippen LogP) is 4.34. The number of rotatable bonds is 3. The van der Waals surface area contributed by atoms with Crippen LogP contribution in [0.1, 0.15) is 0 Å². The van der Waals surface area contributed by atoms with Gasteiger partial charge in [-0.1, -0.05) is 23.7 Å². The average Bonchev–Trinajstić information content (AvgIpc) is 2.89. The highest BCUT2D eigenvalue weighted by Crippen LogP contribution is 2.30. The van der Waals surface area contributed by atoms with Crippen molar-refractivity contribution in [1.82, 2.24) is 4.57 Å². The van der Waals surface area contributed by atoms with Crippen LogP contribution < -0.4 is 0 Å². The Morgan fingerprint density at radius 3 is 2.09 bits per heavy atom. The van der Waals surface area contributed by atoms with Crippen LogP contribution in [0.5, 0.6) is 0 Å². The zero-order valence-corrected chi connectivity index (χ0v) is 13.8. The summed E-state index contributed by atoms with van der Waals surface area (Å²) in [6, 6.07) is 16.1. The van der Waals surface area contributed by atoms with Gasteiger partial charge in [0.1, 0.15) is 11.0 Å². The summed E-state index contributed by atoms with van der Waals surface area (Å²) in [5.41, 5.74) is 2.33. The first-order valence-electron chi connectivity index (χ1n) is 6.80. The molecule has 6 heteroatoms. The van der Waals surface area contributed by atoms with Crippen LogP contribution in [0.15, 0.2) is 65.6 Å². The Balaban J connectivity index is 2.10. The van der Waals surface area contributed by atoms with Crippen LogP contribution in [0.4, 0.5) is 4.39 Å². The number of hydrogen-bond donors (Lipinski definition) is 0. The molecule has 0 N–H and O–H groups in total. The molecule has 0 aliphatic rings. The van der Waals surface area contributed by atoms with Crippen LogP contribution in [-0.2, 0) is 9.84 Å². The molecule has 3 nitrogen and oxygen atoms in total. The molecule has 3 rings (SSSR count). The summed E-state index contributed by atoms with van der Waals surface area (Å²) in [4.78, 5) is 0.257. The van der Waals surface area contributed by atoms with Gasteiger partial charge in [0.15, 0.2) is 9.84 Å². The molecular weight excluding hydrogens is 337 g/mol. The van der Waals surface area contributed by atoms with Crippen molar-refractivity contribution in [3.8, 4) is 16.9 Å². The standard InChI is InChI=1S/C17H13ClFNO2S/c1-23(21,22)15-8-2-12(3-9-15)16-10-11-17(18)20(16)14-6-4-13(19)5-7-14/h2-11H,1H3. The lowest BCUT2D eigenvalue weighted by Gasteiger charge is -2.11. The normalized spacial score (nSPS) is 11.6. The van der Waals surface area contributed by atoms with E-state index < -0.39 is 9.84 Å². The fourth-order valence-electron chi connectivity index (χ4n) is 2.36. The van der Waals surface area contributed by atoms with Gasteiger partial charge in [0.2, 0.25) is 0 Å². The highest BCUT2D eigenvalue weighted by molar-refractivity contribution is 7.90. The molecule has 3 aromatic rings. The van der Waals surface area contributed by atoms with Crippen molar-refractivity contribution < 1.29 is 12.8 Å². The van der Waals surface area contributed by atoms with Gasteiger partial charge < -0.3 is 4.57 Å². The van der Waals surface area contributed by atoms with E-state index in [2.05, 4.69) is 0 Å². The quantitative estimate of drug-likeness (QED) is 0.705. The molecule has 0 bridgehead atoms. The van der Waals surface area contributed by atoms with Gasteiger partial charge >= 0.3 is 0 Å². The van der Waals surface area contributed by atoms with E-state index in [1.54, 1.807) is 47.0 Å². The van der Waals surface area contributed by atoms with Crippen molar-refractivity contribution in [3.63, 3.8) is 0 Å². The predicted molar refractivity (Wildman–Crippen MR) is 89.3 cm³/mol. The average molecular weight is 350 g/mol. The molecule has 1 heterocycles. The maximum absolute atomic E-state index is 13.1. The maximum Gasteiger partial charge on any atom is 0.175 e. The zero-order chi connectivity index (χ0) is 16.6. The first-order valence-corrected chi connectivity index (χ1v) is 9.07. The zero-order valence-electron chi connectivity index (χ0n) is 12.2. The van der Waals surface area contributed by atoms with E-state index in [1.165, 1.54) is 18.4 Å². The number of sulfone groups is 1. The van der Waals surface area contributed by atoms with E-state index in [9.17, 15) is 12.8 Å². The Morgan fingerprint density at radius 1 is 0.913 bits per heavy atom. The number of nitrogens with zero attached hydrogens (tertiary/aromatic N) is 1. The van der Waals surface area contributed by atoms with E-state index in [0.717, 1.165) is 16.9 Å². The third-order valence-electron chi connectivity index (χ3n) is 3.50. The van der Waals surface area contributed by atoms with Gasteiger partial charge in [-0.15, -0.1) is 0 Å². The van der Waals surface area contributed by atoms with Crippen LogP contribution >= 0.6 is 11.6 Å². The molecular formula is C17H13ClFNO2S. The summed E-state index contributed by atoms with van der Waals surface area (Å²) in [6.07, 6.45) is 1.17. The first kappa shape index (κ1) is 15.8. The topological polar surface area (TPSA) is 39.1 Å². The summed E-state index contributed by atoms with van der Waals surface area (Å²) >= 11 is 6.25. The third kappa shape index (κ3) is 3.16. The van der Waals surface area contributed by atoms with Gasteiger partial charge in [-0.05, 0) is 54.1 Å². The number of hydrogen-bond acceptors (Lipinski definition) is 2. The van der Waals surface area contributed by atoms with Crippen molar-refractivity contribution in [1.29, 1.82) is 0 Å². The van der Waals surface area contributed by atoms with Crippen LogP contribution in [-0.4, -0.2) is 19.2 Å². The second kappa shape index (κ2) is 5.83. The maximum atomic E-state index is 13.1. The highest BCUT2D eigenvalue weighted by Gasteiger charge is 2.12. The van der Waals surface area contributed by atoms with Crippen LogP contribution in [0.2, 0.25) is 5.15 Å². The fraction of sp³-hybridized carbons (Fsp3) is 0.0588. The lowest BCUT2D eigenvalue weighted by Crippen LogP contribution is -1.99. The molecule has 0 amide bonds. The molecule has 0 fully saturated rings. The summed E-state index contributed by atoms with van der Waals surface area (Å²) in [5.74, 6) is -0.323. The number of benzene rings is 2. The van der Waals surface area contributed by atoms with E-state index in [4.69, 9.17) is 11.6 Å². The smallest absolute Gasteiger partial charge is 0.175 e. The highest BCUT2D eigenvalue weighted by atomic mass is 35.5. The van der Waals surface area contributed by atoms with Crippen molar-refractivity contribution in [2.24, 2.45) is 0 Å². The van der Waals surface area contributed by atoms with Crippen molar-refractivity contribution in [2.75, 3.05) is 6.26 Å². The molecule has 2 aromatic carbocycles. The number of aromatic nitrogens is 1. The Labute approximate surface area is 138 Å². The summed E-state index contributed by atoms with van der Waals surface area (Å²) in [7, 11) is -3.24. The van der Waals surface area contributed by atoms with E-state index in [-0.39, 0.29) is 10.7 Å². The molecule has 0 aliphatic carbocycles. The molecule has 0 saturated heterocycles. The molecule has 1 aromatic heterocycles. The summed E-state index contributed by atoms with van der Waals surface area (Å²) < 4.78 is 38.0. The van der Waals surface area contributed by atoms with Crippen molar-refractivity contribution in [2.45, 2.75) is 4.90 Å². The minimum atomic E-state index is -3.24. The van der Waals surface area contributed by atoms with Gasteiger partial charge in [-0.25, -0.2) is 12.8 Å². The second-order valence-electron chi connectivity index (χ2n) is 5.15. The van der Waals surface area contributed by atoms with Gasteiger partial charge in [0.25, 0.3) is 0 Å². The van der Waals surface area contributed by atoms with Gasteiger partial charge in [-0.3, -0.25) is 0 Å². The van der Waals surface area contributed by atoms with Gasteiger partial charge in [0.05, 0.1) is 10.6 Å². The Bertz CT molecular complexity index is 945. The molecule has 0 atom stereocenters. The monoisotopic (exact) mass is 349 g/mol. The number of halogens is 2. The Kier molecular flexibility index (Phi) is 4.00. The van der Waals surface area contributed by atoms with Crippen molar-refractivity contribution >= 4 is 21.4 Å². The molecule has 0 spiro atoms. The van der Waals surface area contributed by atoms with E-state index >= 15 is 0 Å².